The highest BCUT2D eigenvalue weighted by molar-refractivity contribution is 5.88. The van der Waals surface area contributed by atoms with E-state index >= 15 is 0 Å². The first-order valence-corrected chi connectivity index (χ1v) is 7.18. The van der Waals surface area contributed by atoms with Crippen molar-refractivity contribution >= 4 is 11.9 Å². The molecule has 2 aromatic carbocycles. The Hall–Kier alpha value is -3.24. The minimum atomic E-state index is -4.66. The van der Waals surface area contributed by atoms with Crippen LogP contribution in [0.1, 0.15) is 37.4 Å². The summed E-state index contributed by atoms with van der Waals surface area (Å²) in [4.78, 5) is 20.8. The van der Waals surface area contributed by atoms with Crippen molar-refractivity contribution in [2.75, 3.05) is 0 Å². The molecule has 0 spiro atoms. The molecule has 3 N–H and O–H groups in total. The molecule has 11 heteroatoms. The van der Waals surface area contributed by atoms with Gasteiger partial charge in [-0.05, 0) is 48.9 Å². The minimum Gasteiger partial charge on any atom is -0.508 e. The number of aryl methyl sites for hydroxylation is 1. The maximum Gasteiger partial charge on any atom is 0.416 e. The molecule has 5 nitrogen and oxygen atoms in total. The first kappa shape index (κ1) is 22.8. The number of carboxylic acid groups (broad SMARTS) is 2. The number of carboxylic acids is 2. The lowest BCUT2D eigenvalue weighted by molar-refractivity contribution is -0.138. The second-order valence-corrected chi connectivity index (χ2v) is 5.46. The SMILES string of the molecule is Cc1cc(C(=O)O)cc(C(F)(F)F)c1.O=C(O)c1cc(O)cc(C(F)(F)F)c1. The average Bonchev–Trinajstić information content (AvgIpc) is 2.52. The fourth-order valence-electron chi connectivity index (χ4n) is 1.97. The molecule has 0 unspecified atom stereocenters. The number of hydrogen-bond donors (Lipinski definition) is 3. The van der Waals surface area contributed by atoms with Gasteiger partial charge in [0.2, 0.25) is 0 Å². The van der Waals surface area contributed by atoms with E-state index in [9.17, 15) is 35.9 Å². The number of carbonyl (C=O) groups is 2. The van der Waals surface area contributed by atoms with Gasteiger partial charge >= 0.3 is 24.3 Å². The molecule has 0 amide bonds. The number of rotatable bonds is 2. The molecule has 0 bridgehead atoms. The number of benzene rings is 2. The molecule has 0 fully saturated rings. The summed E-state index contributed by atoms with van der Waals surface area (Å²) in [6.45, 7) is 1.42. The zero-order chi connectivity index (χ0) is 21.9. The van der Waals surface area contributed by atoms with Crippen LogP contribution in [-0.4, -0.2) is 27.3 Å². The van der Waals surface area contributed by atoms with E-state index in [2.05, 4.69) is 0 Å². The summed E-state index contributed by atoms with van der Waals surface area (Å²) in [6.07, 6.45) is -9.17. The van der Waals surface area contributed by atoms with E-state index < -0.39 is 46.7 Å². The molecule has 0 aliphatic heterocycles. The van der Waals surface area contributed by atoms with Crippen LogP contribution in [0, 0.1) is 6.92 Å². The van der Waals surface area contributed by atoms with Crippen molar-refractivity contribution in [3.05, 3.63) is 64.2 Å². The maximum atomic E-state index is 12.2. The summed E-state index contributed by atoms with van der Waals surface area (Å²) in [5.74, 6) is -3.61. The summed E-state index contributed by atoms with van der Waals surface area (Å²) in [7, 11) is 0. The van der Waals surface area contributed by atoms with Crippen molar-refractivity contribution in [3.63, 3.8) is 0 Å². The Morgan fingerprint density at radius 1 is 0.714 bits per heavy atom. The Kier molecular flexibility index (Phi) is 6.67. The largest absolute Gasteiger partial charge is 0.508 e. The highest BCUT2D eigenvalue weighted by atomic mass is 19.4. The monoisotopic (exact) mass is 410 g/mol. The molecule has 0 saturated carbocycles. The lowest BCUT2D eigenvalue weighted by Gasteiger charge is -2.08. The van der Waals surface area contributed by atoms with E-state index in [0.717, 1.165) is 12.1 Å². The summed E-state index contributed by atoms with van der Waals surface area (Å²) >= 11 is 0. The van der Waals surface area contributed by atoms with Gasteiger partial charge in [0, 0.05) is 0 Å². The van der Waals surface area contributed by atoms with Gasteiger partial charge in [-0.2, -0.15) is 26.3 Å². The molecule has 0 aromatic heterocycles. The number of aromatic carboxylic acids is 2. The van der Waals surface area contributed by atoms with Crippen LogP contribution in [0.25, 0.3) is 0 Å². The van der Waals surface area contributed by atoms with E-state index in [0.29, 0.717) is 18.2 Å². The maximum absolute atomic E-state index is 12.2. The molecule has 0 radical (unpaired) electrons. The van der Waals surface area contributed by atoms with Crippen molar-refractivity contribution in [3.8, 4) is 5.75 Å². The first-order valence-electron chi connectivity index (χ1n) is 7.18. The molecule has 28 heavy (non-hydrogen) atoms. The Labute approximate surface area is 153 Å². The van der Waals surface area contributed by atoms with Crippen LogP contribution in [0.2, 0.25) is 0 Å². The Balaban J connectivity index is 0.000000280. The highest BCUT2D eigenvalue weighted by Crippen LogP contribution is 2.32. The van der Waals surface area contributed by atoms with Crippen LogP contribution in [-0.2, 0) is 12.4 Å². The lowest BCUT2D eigenvalue weighted by atomic mass is 10.1. The fourth-order valence-corrected chi connectivity index (χ4v) is 1.97. The summed E-state index contributed by atoms with van der Waals surface area (Å²) < 4.78 is 73.0. The quantitative estimate of drug-likeness (QED) is 0.617. The van der Waals surface area contributed by atoms with Gasteiger partial charge in [-0.25, -0.2) is 9.59 Å². The van der Waals surface area contributed by atoms with E-state index in [4.69, 9.17) is 15.3 Å². The summed E-state index contributed by atoms with van der Waals surface area (Å²) in [5, 5.41) is 25.8. The number of aromatic hydroxyl groups is 1. The van der Waals surface area contributed by atoms with E-state index in [1.807, 2.05) is 0 Å². The third kappa shape index (κ3) is 6.49. The third-order valence-electron chi connectivity index (χ3n) is 3.14. The number of phenolic OH excluding ortho intramolecular Hbond substituents is 1. The van der Waals surface area contributed by atoms with Crippen LogP contribution in [0.5, 0.6) is 5.75 Å². The molecule has 0 atom stereocenters. The standard InChI is InChI=1S/C9H7F3O2.C8H5F3O3/c1-5-2-6(8(13)14)4-7(3-5)9(10,11)12;9-8(10,11)5-1-4(7(13)14)2-6(12)3-5/h2-4H,1H3,(H,13,14);1-3,12H,(H,13,14). The van der Waals surface area contributed by atoms with Gasteiger partial charge in [0.25, 0.3) is 0 Å². The molecular formula is C17H12F6O5. The molecule has 0 aliphatic rings. The van der Waals surface area contributed by atoms with Crippen LogP contribution in [0.4, 0.5) is 26.3 Å². The molecule has 2 aromatic rings. The zero-order valence-electron chi connectivity index (χ0n) is 13.9. The second-order valence-electron chi connectivity index (χ2n) is 5.46. The molecule has 152 valence electrons. The average molecular weight is 410 g/mol. The number of alkyl halides is 6. The van der Waals surface area contributed by atoms with Crippen molar-refractivity contribution in [1.82, 2.24) is 0 Å². The van der Waals surface area contributed by atoms with Gasteiger partial charge in [0.1, 0.15) is 5.75 Å². The Bertz CT molecular complexity index is 813. The van der Waals surface area contributed by atoms with Gasteiger partial charge in [0.05, 0.1) is 22.3 Å². The van der Waals surface area contributed by atoms with Gasteiger partial charge in [-0.1, -0.05) is 0 Å². The van der Waals surface area contributed by atoms with Crippen LogP contribution < -0.4 is 0 Å². The van der Waals surface area contributed by atoms with Crippen molar-refractivity contribution in [2.24, 2.45) is 0 Å². The number of halogens is 6. The smallest absolute Gasteiger partial charge is 0.416 e. The van der Waals surface area contributed by atoms with Crippen molar-refractivity contribution in [2.45, 2.75) is 19.3 Å². The normalized spacial score (nSPS) is 11.4. The molecule has 2 rings (SSSR count). The molecule has 0 saturated heterocycles. The van der Waals surface area contributed by atoms with E-state index in [-0.39, 0.29) is 11.1 Å². The van der Waals surface area contributed by atoms with Crippen molar-refractivity contribution in [1.29, 1.82) is 0 Å². The minimum absolute atomic E-state index is 0.275. The summed E-state index contributed by atoms with van der Waals surface area (Å²) in [6, 6.07) is 4.39. The second kappa shape index (κ2) is 8.19. The number of hydrogen-bond acceptors (Lipinski definition) is 3. The van der Waals surface area contributed by atoms with Crippen molar-refractivity contribution < 1.29 is 51.3 Å². The first-order chi connectivity index (χ1) is 12.6. The van der Waals surface area contributed by atoms with Crippen LogP contribution >= 0.6 is 0 Å². The Morgan fingerprint density at radius 2 is 1.11 bits per heavy atom. The third-order valence-corrected chi connectivity index (χ3v) is 3.14. The number of phenols is 1. The van der Waals surface area contributed by atoms with Gasteiger partial charge in [0.15, 0.2) is 0 Å². The van der Waals surface area contributed by atoms with Gasteiger partial charge in [-0.3, -0.25) is 0 Å². The molecular weight excluding hydrogens is 398 g/mol. The lowest BCUT2D eigenvalue weighted by Crippen LogP contribution is -2.08. The fraction of sp³-hybridized carbons (Fsp3) is 0.176. The zero-order valence-corrected chi connectivity index (χ0v) is 13.9. The van der Waals surface area contributed by atoms with E-state index in [1.54, 1.807) is 0 Å². The van der Waals surface area contributed by atoms with Gasteiger partial charge < -0.3 is 15.3 Å². The van der Waals surface area contributed by atoms with Gasteiger partial charge in [-0.15, -0.1) is 0 Å². The van der Waals surface area contributed by atoms with E-state index in [1.165, 1.54) is 13.0 Å². The predicted molar refractivity (Wildman–Crippen MR) is 83.2 cm³/mol. The topological polar surface area (TPSA) is 94.8 Å². The highest BCUT2D eigenvalue weighted by Gasteiger charge is 2.32. The van der Waals surface area contributed by atoms with Crippen LogP contribution in [0.15, 0.2) is 36.4 Å². The summed E-state index contributed by atoms with van der Waals surface area (Å²) in [5.41, 5.74) is -2.79. The molecule has 0 aliphatic carbocycles. The predicted octanol–water partition coefficient (Wildman–Crippen LogP) is 4.82. The molecule has 0 heterocycles. The Morgan fingerprint density at radius 3 is 1.50 bits per heavy atom. The van der Waals surface area contributed by atoms with Crippen LogP contribution in [0.3, 0.4) is 0 Å².